The van der Waals surface area contributed by atoms with E-state index in [0.717, 1.165) is 29.2 Å². The number of aliphatic imine (C=N–C) groups is 1. The lowest BCUT2D eigenvalue weighted by Crippen LogP contribution is -2.38. The molecule has 0 spiro atoms. The molecule has 1 aromatic carbocycles. The highest BCUT2D eigenvalue weighted by Crippen LogP contribution is 2.23. The van der Waals surface area contributed by atoms with Crippen LogP contribution in [-0.2, 0) is 13.0 Å². The van der Waals surface area contributed by atoms with Gasteiger partial charge in [0.2, 0.25) is 5.88 Å². The van der Waals surface area contributed by atoms with Crippen molar-refractivity contribution in [2.45, 2.75) is 19.9 Å². The summed E-state index contributed by atoms with van der Waals surface area (Å²) < 4.78 is 19.1. The van der Waals surface area contributed by atoms with E-state index in [4.69, 9.17) is 4.74 Å². The molecular weight excluding hydrogens is 504 g/mol. The summed E-state index contributed by atoms with van der Waals surface area (Å²) in [5.74, 6) is 1.15. The smallest absolute Gasteiger partial charge is 0.224 e. The summed E-state index contributed by atoms with van der Waals surface area (Å²) in [6, 6.07) is 9.72. The Morgan fingerprint density at radius 3 is 2.83 bits per heavy atom. The van der Waals surface area contributed by atoms with Gasteiger partial charge in [-0.05, 0) is 25.1 Å². The average Bonchev–Trinajstić information content (AvgIpc) is 3.10. The molecule has 0 radical (unpaired) electrons. The van der Waals surface area contributed by atoms with Crippen LogP contribution in [0.1, 0.15) is 16.3 Å². The molecule has 2 aromatic heterocycles. The van der Waals surface area contributed by atoms with Gasteiger partial charge in [0, 0.05) is 49.8 Å². The lowest BCUT2D eigenvalue weighted by Gasteiger charge is -2.14. The molecular formula is C20H23FIN5OS. The molecule has 0 bridgehead atoms. The Labute approximate surface area is 190 Å². The van der Waals surface area contributed by atoms with E-state index in [9.17, 15) is 4.39 Å². The van der Waals surface area contributed by atoms with Gasteiger partial charge in [-0.25, -0.2) is 14.4 Å². The Kier molecular flexibility index (Phi) is 9.26. The number of ether oxygens (including phenoxy) is 1. The fourth-order valence-corrected chi connectivity index (χ4v) is 3.17. The van der Waals surface area contributed by atoms with Gasteiger partial charge in [0.1, 0.15) is 11.6 Å². The van der Waals surface area contributed by atoms with Crippen LogP contribution < -0.4 is 15.4 Å². The summed E-state index contributed by atoms with van der Waals surface area (Å²) in [4.78, 5) is 12.9. The van der Waals surface area contributed by atoms with Gasteiger partial charge in [0.15, 0.2) is 5.96 Å². The predicted molar refractivity (Wildman–Crippen MR) is 125 cm³/mol. The molecule has 0 unspecified atom stereocenters. The summed E-state index contributed by atoms with van der Waals surface area (Å²) in [6.45, 7) is 3.19. The number of aromatic nitrogens is 2. The highest BCUT2D eigenvalue weighted by Gasteiger charge is 2.08. The maximum absolute atomic E-state index is 13.4. The first-order valence-corrected chi connectivity index (χ1v) is 9.75. The monoisotopic (exact) mass is 527 g/mol. The fourth-order valence-electron chi connectivity index (χ4n) is 2.52. The van der Waals surface area contributed by atoms with Crippen molar-refractivity contribution in [3.8, 4) is 11.6 Å². The van der Waals surface area contributed by atoms with E-state index in [0.29, 0.717) is 24.1 Å². The zero-order valence-electron chi connectivity index (χ0n) is 16.2. The van der Waals surface area contributed by atoms with Crippen LogP contribution in [0.3, 0.4) is 0 Å². The van der Waals surface area contributed by atoms with E-state index >= 15 is 0 Å². The molecule has 0 aliphatic rings. The van der Waals surface area contributed by atoms with Crippen LogP contribution in [0.5, 0.6) is 11.6 Å². The topological polar surface area (TPSA) is 71.4 Å². The number of pyridine rings is 1. The third kappa shape index (κ3) is 7.24. The molecule has 6 nitrogen and oxygen atoms in total. The third-order valence-corrected chi connectivity index (χ3v) is 4.69. The van der Waals surface area contributed by atoms with Crippen LogP contribution in [0.4, 0.5) is 4.39 Å². The van der Waals surface area contributed by atoms with Crippen molar-refractivity contribution in [1.29, 1.82) is 0 Å². The molecule has 0 saturated heterocycles. The molecule has 0 aliphatic heterocycles. The van der Waals surface area contributed by atoms with Crippen molar-refractivity contribution in [2.75, 3.05) is 13.6 Å². The van der Waals surface area contributed by atoms with Crippen molar-refractivity contribution in [1.82, 2.24) is 20.6 Å². The van der Waals surface area contributed by atoms with Crippen molar-refractivity contribution in [2.24, 2.45) is 4.99 Å². The van der Waals surface area contributed by atoms with Crippen LogP contribution in [0, 0.1) is 12.7 Å². The molecule has 3 rings (SSSR count). The van der Waals surface area contributed by atoms with E-state index in [1.807, 2.05) is 19.1 Å². The molecule has 2 N–H and O–H groups in total. The second-order valence-electron chi connectivity index (χ2n) is 5.99. The molecule has 154 valence electrons. The SMILES string of the molecule is CN=C(NCCc1csc(C)n1)NCc1cccnc1Oc1cccc(F)c1.I. The molecule has 0 fully saturated rings. The third-order valence-electron chi connectivity index (χ3n) is 3.87. The summed E-state index contributed by atoms with van der Waals surface area (Å²) >= 11 is 1.65. The summed E-state index contributed by atoms with van der Waals surface area (Å²) in [7, 11) is 1.72. The standard InChI is InChI=1S/C20H22FN5OS.HI/c1-14-26-17(13-28-14)8-10-24-20(22-2)25-12-15-5-4-9-23-19(15)27-18-7-3-6-16(21)11-18;/h3-7,9,11,13H,8,10,12H2,1-2H3,(H2,22,24,25);1H. The van der Waals surface area contributed by atoms with Gasteiger partial charge < -0.3 is 15.4 Å². The second kappa shape index (κ2) is 11.7. The van der Waals surface area contributed by atoms with Gasteiger partial charge in [-0.3, -0.25) is 4.99 Å². The number of guanidine groups is 1. The van der Waals surface area contributed by atoms with Gasteiger partial charge in [0.25, 0.3) is 0 Å². The van der Waals surface area contributed by atoms with Gasteiger partial charge >= 0.3 is 0 Å². The summed E-state index contributed by atoms with van der Waals surface area (Å²) in [5, 5.41) is 9.65. The Morgan fingerprint density at radius 1 is 1.24 bits per heavy atom. The van der Waals surface area contributed by atoms with Crippen LogP contribution in [0.15, 0.2) is 53.0 Å². The normalized spacial score (nSPS) is 10.9. The number of hydrogen-bond acceptors (Lipinski definition) is 5. The quantitative estimate of drug-likeness (QED) is 0.273. The van der Waals surface area contributed by atoms with E-state index in [-0.39, 0.29) is 29.8 Å². The van der Waals surface area contributed by atoms with Gasteiger partial charge in [0.05, 0.1) is 10.7 Å². The molecule has 0 amide bonds. The molecule has 9 heteroatoms. The van der Waals surface area contributed by atoms with E-state index in [1.165, 1.54) is 12.1 Å². The first-order valence-electron chi connectivity index (χ1n) is 8.87. The molecule has 29 heavy (non-hydrogen) atoms. The highest BCUT2D eigenvalue weighted by atomic mass is 127. The number of thiazole rings is 1. The maximum Gasteiger partial charge on any atom is 0.224 e. The molecule has 2 heterocycles. The zero-order valence-corrected chi connectivity index (χ0v) is 19.3. The van der Waals surface area contributed by atoms with Crippen LogP contribution in [-0.4, -0.2) is 29.5 Å². The van der Waals surface area contributed by atoms with Gasteiger partial charge in [-0.15, -0.1) is 35.3 Å². The number of nitrogens with zero attached hydrogens (tertiary/aromatic N) is 3. The van der Waals surface area contributed by atoms with E-state index in [2.05, 4.69) is 31.0 Å². The first-order chi connectivity index (χ1) is 13.6. The van der Waals surface area contributed by atoms with Crippen LogP contribution in [0.25, 0.3) is 0 Å². The van der Waals surface area contributed by atoms with E-state index in [1.54, 1.807) is 36.7 Å². The molecule has 0 aliphatic carbocycles. The molecule has 0 saturated carbocycles. The van der Waals surface area contributed by atoms with Gasteiger partial charge in [-0.2, -0.15) is 0 Å². The first kappa shape index (κ1) is 23.0. The molecule has 0 atom stereocenters. The fraction of sp³-hybridized carbons (Fsp3) is 0.250. The van der Waals surface area contributed by atoms with Crippen molar-refractivity contribution in [3.05, 3.63) is 70.1 Å². The van der Waals surface area contributed by atoms with Gasteiger partial charge in [-0.1, -0.05) is 12.1 Å². The minimum absolute atomic E-state index is 0. The minimum Gasteiger partial charge on any atom is -0.439 e. The lowest BCUT2D eigenvalue weighted by molar-refractivity contribution is 0.450. The zero-order chi connectivity index (χ0) is 19.8. The maximum atomic E-state index is 13.4. The number of rotatable bonds is 7. The Morgan fingerprint density at radius 2 is 2.10 bits per heavy atom. The van der Waals surface area contributed by atoms with Crippen molar-refractivity contribution in [3.63, 3.8) is 0 Å². The number of halogens is 2. The average molecular weight is 527 g/mol. The summed E-state index contributed by atoms with van der Waals surface area (Å²) in [5.41, 5.74) is 1.91. The number of aryl methyl sites for hydroxylation is 1. The lowest BCUT2D eigenvalue weighted by atomic mass is 10.2. The van der Waals surface area contributed by atoms with Crippen molar-refractivity contribution < 1.29 is 9.13 Å². The van der Waals surface area contributed by atoms with Crippen LogP contribution >= 0.6 is 35.3 Å². The van der Waals surface area contributed by atoms with Crippen molar-refractivity contribution >= 4 is 41.3 Å². The summed E-state index contributed by atoms with van der Waals surface area (Å²) in [6.07, 6.45) is 2.47. The Bertz CT molecular complexity index is 950. The highest BCUT2D eigenvalue weighted by molar-refractivity contribution is 14.0. The molecule has 3 aromatic rings. The van der Waals surface area contributed by atoms with E-state index < -0.39 is 0 Å². The predicted octanol–water partition coefficient (Wildman–Crippen LogP) is 4.30. The minimum atomic E-state index is -0.354. The Hall–Kier alpha value is -2.27. The number of hydrogen-bond donors (Lipinski definition) is 2. The largest absolute Gasteiger partial charge is 0.439 e. The Balaban J connectivity index is 0.00000300. The second-order valence-corrected chi connectivity index (χ2v) is 7.05. The number of benzene rings is 1. The van der Waals surface area contributed by atoms with Crippen LogP contribution in [0.2, 0.25) is 0 Å². The number of nitrogens with one attached hydrogen (secondary N) is 2.